The Morgan fingerprint density at radius 1 is 1.27 bits per heavy atom. The van der Waals surface area contributed by atoms with Crippen LogP contribution in [0.5, 0.6) is 11.5 Å². The fourth-order valence-corrected chi connectivity index (χ4v) is 2.92. The quantitative estimate of drug-likeness (QED) is 0.533. The lowest BCUT2D eigenvalue weighted by Crippen LogP contribution is -2.26. The normalized spacial score (nSPS) is 15.3. The van der Waals surface area contributed by atoms with E-state index in [1.54, 1.807) is 38.1 Å². The summed E-state index contributed by atoms with van der Waals surface area (Å²) in [5.74, 6) is 0.449. The fraction of sp³-hybridized carbons (Fsp3) is 0.200. The van der Waals surface area contributed by atoms with Gasteiger partial charge in [-0.05, 0) is 49.8 Å². The largest absolute Gasteiger partial charge is 0.479 e. The molecule has 1 unspecified atom stereocenters. The van der Waals surface area contributed by atoms with E-state index in [0.29, 0.717) is 17.1 Å². The Kier molecular flexibility index (Phi) is 5.42. The zero-order valence-electron chi connectivity index (χ0n) is 14.3. The van der Waals surface area contributed by atoms with Gasteiger partial charge in [-0.2, -0.15) is 0 Å². The van der Waals surface area contributed by atoms with Gasteiger partial charge in [0.05, 0.1) is 12.2 Å². The number of esters is 1. The molecule has 1 aliphatic rings. The van der Waals surface area contributed by atoms with Crippen molar-refractivity contribution in [1.29, 1.82) is 0 Å². The summed E-state index contributed by atoms with van der Waals surface area (Å²) in [5, 5.41) is 0. The fourth-order valence-electron chi connectivity index (χ4n) is 2.50. The number of halogens is 1. The zero-order valence-corrected chi connectivity index (χ0v) is 15.9. The van der Waals surface area contributed by atoms with E-state index in [1.165, 1.54) is 0 Å². The summed E-state index contributed by atoms with van der Waals surface area (Å²) < 4.78 is 17.1. The van der Waals surface area contributed by atoms with Crippen LogP contribution in [-0.4, -0.2) is 24.5 Å². The number of fused-ring (bicyclic) bond motifs is 1. The second-order valence-corrected chi connectivity index (χ2v) is 6.58. The van der Waals surface area contributed by atoms with Crippen molar-refractivity contribution in [1.82, 2.24) is 0 Å². The molecule has 0 saturated heterocycles. The molecular weight excluding hydrogens is 400 g/mol. The highest BCUT2D eigenvalue weighted by atomic mass is 79.9. The third kappa shape index (κ3) is 3.96. The van der Waals surface area contributed by atoms with E-state index in [-0.39, 0.29) is 18.1 Å². The van der Waals surface area contributed by atoms with Gasteiger partial charge in [-0.1, -0.05) is 28.1 Å². The van der Waals surface area contributed by atoms with E-state index in [2.05, 4.69) is 15.9 Å². The molecule has 2 aromatic rings. The van der Waals surface area contributed by atoms with Gasteiger partial charge in [0, 0.05) is 10.5 Å². The van der Waals surface area contributed by atoms with Crippen LogP contribution < -0.4 is 9.47 Å². The minimum Gasteiger partial charge on any atom is -0.479 e. The first-order chi connectivity index (χ1) is 12.5. The average molecular weight is 417 g/mol. The van der Waals surface area contributed by atoms with E-state index >= 15 is 0 Å². The smallest absolute Gasteiger partial charge is 0.347 e. The van der Waals surface area contributed by atoms with Gasteiger partial charge in [-0.3, -0.25) is 4.79 Å². The van der Waals surface area contributed by atoms with Crippen molar-refractivity contribution < 1.29 is 23.8 Å². The Labute approximate surface area is 159 Å². The molecule has 0 aliphatic carbocycles. The lowest BCUT2D eigenvalue weighted by atomic mass is 10.1. The number of benzene rings is 2. The van der Waals surface area contributed by atoms with Crippen molar-refractivity contribution in [2.75, 3.05) is 6.61 Å². The molecule has 0 aromatic heterocycles. The highest BCUT2D eigenvalue weighted by Gasteiger charge is 2.28. The molecule has 0 N–H and O–H groups in total. The number of hydrogen-bond acceptors (Lipinski definition) is 5. The van der Waals surface area contributed by atoms with Crippen LogP contribution in [0, 0.1) is 0 Å². The molecule has 0 spiro atoms. The molecular formula is C20H17BrO5. The van der Waals surface area contributed by atoms with E-state index in [1.807, 2.05) is 24.3 Å². The van der Waals surface area contributed by atoms with Crippen LogP contribution >= 0.6 is 15.9 Å². The number of allylic oxidation sites excluding steroid dienone is 1. The lowest BCUT2D eigenvalue weighted by molar-refractivity contribution is -0.150. The van der Waals surface area contributed by atoms with Gasteiger partial charge in [-0.15, -0.1) is 0 Å². The number of hydrogen-bond donors (Lipinski definition) is 0. The molecule has 2 aromatic carbocycles. The summed E-state index contributed by atoms with van der Waals surface area (Å²) in [7, 11) is 0. The molecule has 0 fully saturated rings. The molecule has 1 atom stereocenters. The Bertz CT molecular complexity index is 888. The molecule has 0 saturated carbocycles. The van der Waals surface area contributed by atoms with Crippen molar-refractivity contribution >= 4 is 33.8 Å². The number of Topliss-reactive ketones (excluding diaryl/α,β-unsaturated/α-hetero) is 1. The Morgan fingerprint density at radius 3 is 2.81 bits per heavy atom. The number of rotatable bonds is 5. The highest BCUT2D eigenvalue weighted by molar-refractivity contribution is 9.10. The standard InChI is InChI=1S/C20H17BrO5/c1-3-24-20(23)12(2)25-15-7-8-16-17(11-15)26-18(19(16)22)10-13-5-4-6-14(21)9-13/h4-12H,3H2,1-2H3/b18-10-. The predicted octanol–water partition coefficient (Wildman–Crippen LogP) is 4.40. The van der Waals surface area contributed by atoms with Crippen LogP contribution in [0.1, 0.15) is 29.8 Å². The molecule has 0 amide bonds. The van der Waals surface area contributed by atoms with Crippen molar-refractivity contribution in [3.05, 3.63) is 63.8 Å². The molecule has 1 heterocycles. The summed E-state index contributed by atoms with van der Waals surface area (Å²) in [4.78, 5) is 24.2. The molecule has 3 rings (SSSR count). The topological polar surface area (TPSA) is 61.8 Å². The maximum Gasteiger partial charge on any atom is 0.347 e. The van der Waals surface area contributed by atoms with Crippen LogP contribution in [0.3, 0.4) is 0 Å². The second kappa shape index (κ2) is 7.74. The van der Waals surface area contributed by atoms with Crippen LogP contribution in [0.25, 0.3) is 6.08 Å². The average Bonchev–Trinajstić information content (AvgIpc) is 2.90. The van der Waals surface area contributed by atoms with Crippen molar-refractivity contribution in [2.45, 2.75) is 20.0 Å². The van der Waals surface area contributed by atoms with Gasteiger partial charge in [0.1, 0.15) is 11.5 Å². The van der Waals surface area contributed by atoms with Gasteiger partial charge < -0.3 is 14.2 Å². The van der Waals surface area contributed by atoms with Crippen LogP contribution in [0.15, 0.2) is 52.7 Å². The maximum absolute atomic E-state index is 12.5. The third-order valence-electron chi connectivity index (χ3n) is 3.72. The second-order valence-electron chi connectivity index (χ2n) is 5.66. The minimum absolute atomic E-state index is 0.190. The van der Waals surface area contributed by atoms with Crippen LogP contribution in [0.2, 0.25) is 0 Å². The first kappa shape index (κ1) is 18.2. The Morgan fingerprint density at radius 2 is 2.08 bits per heavy atom. The summed E-state index contributed by atoms with van der Waals surface area (Å²) in [6.45, 7) is 3.63. The maximum atomic E-state index is 12.5. The summed E-state index contributed by atoms with van der Waals surface area (Å²) in [6.07, 6.45) is 0.941. The van der Waals surface area contributed by atoms with Crippen molar-refractivity contribution in [3.8, 4) is 11.5 Å². The Hall–Kier alpha value is -2.60. The van der Waals surface area contributed by atoms with Gasteiger partial charge in [0.15, 0.2) is 11.9 Å². The third-order valence-corrected chi connectivity index (χ3v) is 4.21. The summed E-state index contributed by atoms with van der Waals surface area (Å²) in [6, 6.07) is 12.4. The number of ketones is 1. The van der Waals surface area contributed by atoms with Gasteiger partial charge in [-0.25, -0.2) is 4.79 Å². The zero-order chi connectivity index (χ0) is 18.7. The first-order valence-electron chi connectivity index (χ1n) is 8.15. The van der Waals surface area contributed by atoms with Gasteiger partial charge >= 0.3 is 5.97 Å². The van der Waals surface area contributed by atoms with Gasteiger partial charge in [0.2, 0.25) is 5.78 Å². The molecule has 134 valence electrons. The van der Waals surface area contributed by atoms with Crippen molar-refractivity contribution in [2.24, 2.45) is 0 Å². The lowest BCUT2D eigenvalue weighted by Gasteiger charge is -2.13. The van der Waals surface area contributed by atoms with E-state index in [0.717, 1.165) is 10.0 Å². The summed E-state index contributed by atoms with van der Waals surface area (Å²) >= 11 is 3.40. The van der Waals surface area contributed by atoms with Gasteiger partial charge in [0.25, 0.3) is 0 Å². The summed E-state index contributed by atoms with van der Waals surface area (Å²) in [5.41, 5.74) is 1.31. The highest BCUT2D eigenvalue weighted by Crippen LogP contribution is 2.35. The Balaban J connectivity index is 1.79. The van der Waals surface area contributed by atoms with Crippen molar-refractivity contribution in [3.63, 3.8) is 0 Å². The predicted molar refractivity (Wildman–Crippen MR) is 100 cm³/mol. The van der Waals surface area contributed by atoms with E-state index in [9.17, 15) is 9.59 Å². The monoisotopic (exact) mass is 416 g/mol. The molecule has 26 heavy (non-hydrogen) atoms. The molecule has 5 nitrogen and oxygen atoms in total. The van der Waals surface area contributed by atoms with E-state index in [4.69, 9.17) is 14.2 Å². The number of carbonyl (C=O) groups is 2. The molecule has 1 aliphatic heterocycles. The number of carbonyl (C=O) groups excluding carboxylic acids is 2. The number of ether oxygens (including phenoxy) is 3. The molecule has 0 bridgehead atoms. The SMILES string of the molecule is CCOC(=O)C(C)Oc1ccc2c(c1)O/C(=C\c1cccc(Br)c1)C2=O. The first-order valence-corrected chi connectivity index (χ1v) is 8.94. The molecule has 6 heteroatoms. The molecule has 0 radical (unpaired) electrons. The minimum atomic E-state index is -0.748. The van der Waals surface area contributed by atoms with E-state index < -0.39 is 12.1 Å². The van der Waals surface area contributed by atoms with Crippen LogP contribution in [0.4, 0.5) is 0 Å². The van der Waals surface area contributed by atoms with Crippen LogP contribution in [-0.2, 0) is 9.53 Å².